The van der Waals surface area contributed by atoms with Gasteiger partial charge in [0.15, 0.2) is 0 Å². The highest BCUT2D eigenvalue weighted by molar-refractivity contribution is 7.89. The number of benzene rings is 1. The Kier molecular flexibility index (Phi) is 4.54. The third kappa shape index (κ3) is 3.32. The molecule has 1 heterocycles. The standard InChI is InChI=1S/C13H18N2O2S2/c14-13(18)11-6-5-7-12(10-11)19(16,17)15-8-3-1-2-4-9-15/h5-7,10H,1-4,8-9H2,(H2,14,18). The van der Waals surface area contributed by atoms with Gasteiger partial charge >= 0.3 is 0 Å². The lowest BCUT2D eigenvalue weighted by Crippen LogP contribution is -2.32. The van der Waals surface area contributed by atoms with Crippen molar-refractivity contribution < 1.29 is 8.42 Å². The van der Waals surface area contributed by atoms with E-state index in [1.165, 1.54) is 0 Å². The highest BCUT2D eigenvalue weighted by atomic mass is 32.2. The number of sulfonamides is 1. The van der Waals surface area contributed by atoms with Crippen LogP contribution in [0.25, 0.3) is 0 Å². The van der Waals surface area contributed by atoms with E-state index in [4.69, 9.17) is 18.0 Å². The van der Waals surface area contributed by atoms with Gasteiger partial charge in [-0.25, -0.2) is 8.42 Å². The number of nitrogens with zero attached hydrogens (tertiary/aromatic N) is 1. The summed E-state index contributed by atoms with van der Waals surface area (Å²) in [4.78, 5) is 0.493. The van der Waals surface area contributed by atoms with Crippen molar-refractivity contribution in [1.29, 1.82) is 0 Å². The molecule has 104 valence electrons. The Morgan fingerprint density at radius 2 is 1.79 bits per heavy atom. The average Bonchev–Trinajstić information content (AvgIpc) is 2.68. The molecule has 19 heavy (non-hydrogen) atoms. The van der Waals surface area contributed by atoms with Crippen molar-refractivity contribution in [2.45, 2.75) is 30.6 Å². The molecule has 0 bridgehead atoms. The zero-order valence-corrected chi connectivity index (χ0v) is 12.3. The van der Waals surface area contributed by atoms with Crippen LogP contribution in [0.4, 0.5) is 0 Å². The van der Waals surface area contributed by atoms with E-state index >= 15 is 0 Å². The smallest absolute Gasteiger partial charge is 0.243 e. The zero-order chi connectivity index (χ0) is 13.9. The van der Waals surface area contributed by atoms with Crippen molar-refractivity contribution in [3.8, 4) is 0 Å². The summed E-state index contributed by atoms with van der Waals surface area (Å²) >= 11 is 4.89. The quantitative estimate of drug-likeness (QED) is 0.866. The largest absolute Gasteiger partial charge is 0.389 e. The van der Waals surface area contributed by atoms with Crippen LogP contribution in [-0.2, 0) is 10.0 Å². The second-order valence-corrected chi connectivity index (χ2v) is 7.09. The Hall–Kier alpha value is -0.980. The predicted octanol–water partition coefficient (Wildman–Crippen LogP) is 1.89. The lowest BCUT2D eigenvalue weighted by Gasteiger charge is -2.20. The van der Waals surface area contributed by atoms with Gasteiger partial charge in [0.1, 0.15) is 4.99 Å². The van der Waals surface area contributed by atoms with E-state index in [1.807, 2.05) is 0 Å². The molecular weight excluding hydrogens is 280 g/mol. The van der Waals surface area contributed by atoms with Crippen molar-refractivity contribution in [1.82, 2.24) is 4.31 Å². The summed E-state index contributed by atoms with van der Waals surface area (Å²) in [7, 11) is -3.42. The summed E-state index contributed by atoms with van der Waals surface area (Å²) in [5.74, 6) is 0. The second kappa shape index (κ2) is 5.98. The number of hydrogen-bond acceptors (Lipinski definition) is 3. The van der Waals surface area contributed by atoms with Crippen molar-refractivity contribution in [2.24, 2.45) is 5.73 Å². The average molecular weight is 298 g/mol. The molecule has 4 nitrogen and oxygen atoms in total. The molecule has 1 aliphatic rings. The van der Waals surface area contributed by atoms with Crippen LogP contribution in [0.5, 0.6) is 0 Å². The molecule has 1 aromatic rings. The zero-order valence-electron chi connectivity index (χ0n) is 10.7. The normalized spacial score (nSPS) is 17.9. The van der Waals surface area contributed by atoms with Crippen molar-refractivity contribution in [3.63, 3.8) is 0 Å². The third-order valence-corrected chi connectivity index (χ3v) is 5.45. The van der Waals surface area contributed by atoms with Gasteiger partial charge in [0.2, 0.25) is 10.0 Å². The number of thiocarbonyl (C=S) groups is 1. The lowest BCUT2D eigenvalue weighted by atomic mass is 10.2. The maximum atomic E-state index is 12.6. The Balaban J connectivity index is 2.32. The van der Waals surface area contributed by atoms with E-state index in [2.05, 4.69) is 0 Å². The van der Waals surface area contributed by atoms with Crippen LogP contribution in [0.15, 0.2) is 29.2 Å². The van der Waals surface area contributed by atoms with E-state index in [9.17, 15) is 8.42 Å². The molecule has 1 aliphatic heterocycles. The van der Waals surface area contributed by atoms with E-state index in [-0.39, 0.29) is 9.88 Å². The first-order chi connectivity index (χ1) is 9.01. The monoisotopic (exact) mass is 298 g/mol. The van der Waals surface area contributed by atoms with E-state index < -0.39 is 10.0 Å². The van der Waals surface area contributed by atoms with Gasteiger partial charge < -0.3 is 5.73 Å². The van der Waals surface area contributed by atoms with Gasteiger partial charge in [-0.05, 0) is 25.0 Å². The van der Waals surface area contributed by atoms with Crippen LogP contribution in [0.1, 0.15) is 31.2 Å². The molecule has 1 fully saturated rings. The summed E-state index contributed by atoms with van der Waals surface area (Å²) in [6.45, 7) is 1.19. The SMILES string of the molecule is NC(=S)c1cccc(S(=O)(=O)N2CCCCCC2)c1. The van der Waals surface area contributed by atoms with Crippen LogP contribution in [-0.4, -0.2) is 30.8 Å². The van der Waals surface area contributed by atoms with Gasteiger partial charge in [-0.2, -0.15) is 4.31 Å². The fourth-order valence-corrected chi connectivity index (χ4v) is 3.93. The molecule has 2 rings (SSSR count). The van der Waals surface area contributed by atoms with Gasteiger partial charge in [-0.3, -0.25) is 0 Å². The molecule has 1 aromatic carbocycles. The molecule has 0 atom stereocenters. The molecule has 0 radical (unpaired) electrons. The minimum absolute atomic E-state index is 0.216. The fraction of sp³-hybridized carbons (Fsp3) is 0.462. The summed E-state index contributed by atoms with van der Waals surface area (Å²) in [6, 6.07) is 6.56. The molecule has 1 saturated heterocycles. The molecular formula is C13H18N2O2S2. The van der Waals surface area contributed by atoms with Crippen LogP contribution in [0.2, 0.25) is 0 Å². The highest BCUT2D eigenvalue weighted by Crippen LogP contribution is 2.21. The van der Waals surface area contributed by atoms with Gasteiger partial charge in [0, 0.05) is 18.7 Å². The van der Waals surface area contributed by atoms with Gasteiger partial charge in [-0.15, -0.1) is 0 Å². The van der Waals surface area contributed by atoms with Gasteiger partial charge in [0.25, 0.3) is 0 Å². The van der Waals surface area contributed by atoms with Crippen molar-refractivity contribution >= 4 is 27.2 Å². The summed E-state index contributed by atoms with van der Waals surface area (Å²) in [5, 5.41) is 0. The minimum Gasteiger partial charge on any atom is -0.389 e. The molecule has 0 amide bonds. The summed E-state index contributed by atoms with van der Waals surface area (Å²) in [5.41, 5.74) is 6.14. The Labute approximate surface area is 119 Å². The molecule has 0 unspecified atom stereocenters. The highest BCUT2D eigenvalue weighted by Gasteiger charge is 2.25. The first kappa shape index (κ1) is 14.4. The summed E-state index contributed by atoms with van der Waals surface area (Å²) < 4.78 is 26.7. The van der Waals surface area contributed by atoms with Crippen LogP contribution in [0.3, 0.4) is 0 Å². The molecule has 0 spiro atoms. The minimum atomic E-state index is -3.42. The number of hydrogen-bond donors (Lipinski definition) is 1. The molecule has 0 saturated carbocycles. The third-order valence-electron chi connectivity index (χ3n) is 3.32. The van der Waals surface area contributed by atoms with E-state index in [1.54, 1.807) is 28.6 Å². The van der Waals surface area contributed by atoms with E-state index in [0.29, 0.717) is 18.7 Å². The summed E-state index contributed by atoms with van der Waals surface area (Å²) in [6.07, 6.45) is 4.04. The topological polar surface area (TPSA) is 63.4 Å². The first-order valence-electron chi connectivity index (χ1n) is 6.42. The number of rotatable bonds is 3. The molecule has 2 N–H and O–H groups in total. The Bertz CT molecular complexity index is 562. The maximum absolute atomic E-state index is 12.6. The Morgan fingerprint density at radius 1 is 1.16 bits per heavy atom. The van der Waals surface area contributed by atoms with Crippen LogP contribution < -0.4 is 5.73 Å². The van der Waals surface area contributed by atoms with Gasteiger partial charge in [-0.1, -0.05) is 37.2 Å². The molecule has 6 heteroatoms. The fourth-order valence-electron chi connectivity index (χ4n) is 2.24. The van der Waals surface area contributed by atoms with Gasteiger partial charge in [0.05, 0.1) is 4.90 Å². The van der Waals surface area contributed by atoms with Crippen LogP contribution in [0, 0.1) is 0 Å². The van der Waals surface area contributed by atoms with Crippen LogP contribution >= 0.6 is 12.2 Å². The Morgan fingerprint density at radius 3 is 2.37 bits per heavy atom. The van der Waals surface area contributed by atoms with Crippen molar-refractivity contribution in [2.75, 3.05) is 13.1 Å². The molecule has 0 aliphatic carbocycles. The number of nitrogens with two attached hydrogens (primary N) is 1. The second-order valence-electron chi connectivity index (χ2n) is 4.71. The molecule has 0 aromatic heterocycles. The van der Waals surface area contributed by atoms with E-state index in [0.717, 1.165) is 25.7 Å². The first-order valence-corrected chi connectivity index (χ1v) is 8.26. The predicted molar refractivity (Wildman–Crippen MR) is 79.6 cm³/mol. The van der Waals surface area contributed by atoms with Crippen molar-refractivity contribution in [3.05, 3.63) is 29.8 Å². The maximum Gasteiger partial charge on any atom is 0.243 e. The lowest BCUT2D eigenvalue weighted by molar-refractivity contribution is 0.423.